The van der Waals surface area contributed by atoms with E-state index in [1.165, 1.54) is 0 Å². The predicted octanol–water partition coefficient (Wildman–Crippen LogP) is 2.88. The lowest BCUT2D eigenvalue weighted by Gasteiger charge is -2.03. The van der Waals surface area contributed by atoms with Crippen molar-refractivity contribution in [1.82, 2.24) is 0 Å². The van der Waals surface area contributed by atoms with Crippen molar-refractivity contribution in [1.29, 1.82) is 0 Å². The number of hydrogen-bond acceptors (Lipinski definition) is 2. The van der Waals surface area contributed by atoms with Crippen LogP contribution in [0.2, 0.25) is 0 Å². The molecule has 92 valence electrons. The Hall–Kier alpha value is -1.74. The van der Waals surface area contributed by atoms with Crippen LogP contribution in [0.1, 0.15) is 10.4 Å². The van der Waals surface area contributed by atoms with Gasteiger partial charge in [0.15, 0.2) is 10.6 Å². The zero-order valence-corrected chi connectivity index (χ0v) is 11.0. The van der Waals surface area contributed by atoms with Gasteiger partial charge < -0.3 is 5.11 Å². The first-order valence-corrected chi connectivity index (χ1v) is 7.47. The van der Waals surface area contributed by atoms with Gasteiger partial charge in [0.2, 0.25) is 5.78 Å². The number of rotatable bonds is 4. The molecule has 0 bridgehead atoms. The van der Waals surface area contributed by atoms with E-state index in [-0.39, 0.29) is 22.4 Å². The summed E-state index contributed by atoms with van der Waals surface area (Å²) in [5.74, 6) is 0.925. The van der Waals surface area contributed by atoms with Crippen molar-refractivity contribution in [2.75, 3.05) is 12.0 Å². The lowest BCUT2D eigenvalue weighted by atomic mass is 10.2. The summed E-state index contributed by atoms with van der Waals surface area (Å²) >= 11 is 0. The molecule has 0 aromatic heterocycles. The molecule has 1 atom stereocenters. The Morgan fingerprint density at radius 3 is 2.28 bits per heavy atom. The molecule has 2 rings (SSSR count). The van der Waals surface area contributed by atoms with Crippen LogP contribution in [-0.2, 0) is 10.9 Å². The van der Waals surface area contributed by atoms with Gasteiger partial charge in [-0.2, -0.15) is 0 Å². The van der Waals surface area contributed by atoms with Crippen LogP contribution < -0.4 is 0 Å². The van der Waals surface area contributed by atoms with Gasteiger partial charge in [-0.1, -0.05) is 30.3 Å². The quantitative estimate of drug-likeness (QED) is 0.677. The number of carbonyl (C=O) groups excluding carboxylic acids is 1. The van der Waals surface area contributed by atoms with Crippen molar-refractivity contribution in [2.45, 2.75) is 4.90 Å². The summed E-state index contributed by atoms with van der Waals surface area (Å²) in [4.78, 5) is 13.1. The zero-order chi connectivity index (χ0) is 13.0. The first-order chi connectivity index (χ1) is 8.66. The number of Topliss-reactive ketones (excluding diaryl/α,β-unsaturated/α-hetero) is 1. The van der Waals surface area contributed by atoms with Gasteiger partial charge in [0.05, 0.1) is 0 Å². The highest BCUT2D eigenvalue weighted by Gasteiger charge is 2.20. The summed E-state index contributed by atoms with van der Waals surface area (Å²) in [6.45, 7) is 0. The first kappa shape index (κ1) is 12.7. The van der Waals surface area contributed by atoms with Crippen LogP contribution in [0.3, 0.4) is 0 Å². The Kier molecular flexibility index (Phi) is 4.05. The number of phenolic OH excluding ortho intramolecular Hbond substituents is 1. The molecule has 0 saturated carbocycles. The normalized spacial score (nSPS) is 12.1. The van der Waals surface area contributed by atoms with Crippen molar-refractivity contribution in [3.63, 3.8) is 0 Å². The second kappa shape index (κ2) is 5.74. The van der Waals surface area contributed by atoms with Gasteiger partial charge in [0.25, 0.3) is 0 Å². The lowest BCUT2D eigenvalue weighted by molar-refractivity contribution is 0.102. The molecule has 0 heterocycles. The Morgan fingerprint density at radius 2 is 1.67 bits per heavy atom. The molecule has 3 heteroatoms. The molecule has 18 heavy (non-hydrogen) atoms. The van der Waals surface area contributed by atoms with Gasteiger partial charge in [0, 0.05) is 16.5 Å². The van der Waals surface area contributed by atoms with E-state index in [1.807, 2.05) is 48.7 Å². The average Bonchev–Trinajstić information content (AvgIpc) is 2.40. The lowest BCUT2D eigenvalue weighted by Crippen LogP contribution is -2.15. The Bertz CT molecular complexity index is 520. The SMILES string of the molecule is C[S+](CC(=O)c1ccccc1)c1ccc(O)cc1. The van der Waals surface area contributed by atoms with Crippen LogP contribution in [0.15, 0.2) is 59.5 Å². The third-order valence-corrected chi connectivity index (χ3v) is 4.45. The molecule has 0 spiro atoms. The monoisotopic (exact) mass is 259 g/mol. The number of phenols is 1. The van der Waals surface area contributed by atoms with E-state index >= 15 is 0 Å². The average molecular weight is 259 g/mol. The maximum atomic E-state index is 12.1. The van der Waals surface area contributed by atoms with Crippen LogP contribution >= 0.6 is 0 Å². The molecule has 0 radical (unpaired) electrons. The Balaban J connectivity index is 2.06. The Morgan fingerprint density at radius 1 is 1.06 bits per heavy atom. The topological polar surface area (TPSA) is 37.3 Å². The third-order valence-electron chi connectivity index (χ3n) is 2.68. The number of carbonyl (C=O) groups is 1. The molecular weight excluding hydrogens is 244 g/mol. The second-order valence-electron chi connectivity index (χ2n) is 4.06. The predicted molar refractivity (Wildman–Crippen MR) is 75.3 cm³/mol. The molecule has 2 nitrogen and oxygen atoms in total. The summed E-state index contributed by atoms with van der Waals surface area (Å²) in [6.07, 6.45) is 2.05. The number of benzene rings is 2. The smallest absolute Gasteiger partial charge is 0.212 e. The van der Waals surface area contributed by atoms with Gasteiger partial charge in [-0.25, -0.2) is 0 Å². The summed E-state index contributed by atoms with van der Waals surface area (Å²) in [5.41, 5.74) is 0.760. The van der Waals surface area contributed by atoms with Gasteiger partial charge in [0.1, 0.15) is 12.0 Å². The van der Waals surface area contributed by atoms with Crippen molar-refractivity contribution in [3.8, 4) is 5.75 Å². The van der Waals surface area contributed by atoms with Crippen LogP contribution in [0.4, 0.5) is 0 Å². The number of hydrogen-bond donors (Lipinski definition) is 1. The van der Waals surface area contributed by atoms with Crippen molar-refractivity contribution in [2.24, 2.45) is 0 Å². The number of ketones is 1. The van der Waals surface area contributed by atoms with E-state index in [0.29, 0.717) is 5.75 Å². The van der Waals surface area contributed by atoms with Crippen LogP contribution in [-0.4, -0.2) is 22.9 Å². The van der Waals surface area contributed by atoms with Gasteiger partial charge in [-0.15, -0.1) is 0 Å². The summed E-state index contributed by atoms with van der Waals surface area (Å²) in [7, 11) is -0.133. The second-order valence-corrected chi connectivity index (χ2v) is 6.10. The maximum absolute atomic E-state index is 12.1. The fourth-order valence-electron chi connectivity index (χ4n) is 1.67. The molecule has 1 N–H and O–H groups in total. The van der Waals surface area contributed by atoms with E-state index in [9.17, 15) is 9.90 Å². The highest BCUT2D eigenvalue weighted by Crippen LogP contribution is 2.17. The van der Waals surface area contributed by atoms with Gasteiger partial charge in [-0.05, 0) is 24.3 Å². The van der Waals surface area contributed by atoms with Crippen LogP contribution in [0.25, 0.3) is 0 Å². The van der Waals surface area contributed by atoms with Gasteiger partial charge in [-0.3, -0.25) is 4.79 Å². The molecule has 2 aromatic carbocycles. The van der Waals surface area contributed by atoms with E-state index in [0.717, 1.165) is 10.5 Å². The standard InChI is InChI=1S/C15H14O2S/c1-18(14-9-7-13(16)8-10-14)11-15(17)12-5-3-2-4-6-12/h2-10H,11H2,1H3/p+1. The van der Waals surface area contributed by atoms with E-state index < -0.39 is 0 Å². The van der Waals surface area contributed by atoms with Crippen molar-refractivity contribution < 1.29 is 9.90 Å². The van der Waals surface area contributed by atoms with E-state index in [1.54, 1.807) is 12.1 Å². The largest absolute Gasteiger partial charge is 0.508 e. The van der Waals surface area contributed by atoms with Gasteiger partial charge >= 0.3 is 0 Å². The molecular formula is C15H15O2S+. The molecule has 0 aliphatic heterocycles. The highest BCUT2D eigenvalue weighted by molar-refractivity contribution is 7.96. The summed E-state index contributed by atoms with van der Waals surface area (Å²) in [6, 6.07) is 16.4. The van der Waals surface area contributed by atoms with E-state index in [2.05, 4.69) is 0 Å². The zero-order valence-electron chi connectivity index (χ0n) is 10.2. The number of aromatic hydroxyl groups is 1. The van der Waals surface area contributed by atoms with Crippen molar-refractivity contribution in [3.05, 3.63) is 60.2 Å². The highest BCUT2D eigenvalue weighted by atomic mass is 32.2. The minimum atomic E-state index is -0.133. The summed E-state index contributed by atoms with van der Waals surface area (Å²) in [5, 5.41) is 9.23. The third kappa shape index (κ3) is 3.14. The molecule has 0 saturated heterocycles. The minimum absolute atomic E-state index is 0.133. The van der Waals surface area contributed by atoms with Crippen LogP contribution in [0, 0.1) is 0 Å². The minimum Gasteiger partial charge on any atom is -0.508 e. The molecule has 1 unspecified atom stereocenters. The van der Waals surface area contributed by atoms with E-state index in [4.69, 9.17) is 0 Å². The molecule has 0 aliphatic rings. The summed E-state index contributed by atoms with van der Waals surface area (Å²) < 4.78 is 0. The molecule has 0 fully saturated rings. The Labute approximate surface area is 110 Å². The maximum Gasteiger partial charge on any atom is 0.212 e. The molecule has 2 aromatic rings. The van der Waals surface area contributed by atoms with Crippen molar-refractivity contribution >= 4 is 16.7 Å². The van der Waals surface area contributed by atoms with Crippen LogP contribution in [0.5, 0.6) is 5.75 Å². The first-order valence-electron chi connectivity index (χ1n) is 5.66. The molecule has 0 aliphatic carbocycles. The fourth-order valence-corrected chi connectivity index (χ4v) is 2.99. The molecule has 0 amide bonds. The fraction of sp³-hybridized carbons (Fsp3) is 0.133.